The fourth-order valence-corrected chi connectivity index (χ4v) is 2.41. The van der Waals surface area contributed by atoms with Gasteiger partial charge in [-0.1, -0.05) is 12.1 Å². The van der Waals surface area contributed by atoms with E-state index in [1.165, 1.54) is 28.1 Å². The van der Waals surface area contributed by atoms with Gasteiger partial charge in [-0.05, 0) is 37.1 Å². The Balaban J connectivity index is 1.52. The number of amides is 1. The Morgan fingerprint density at radius 2 is 2.07 bits per heavy atom. The van der Waals surface area contributed by atoms with Crippen molar-refractivity contribution in [2.24, 2.45) is 0 Å². The van der Waals surface area contributed by atoms with Gasteiger partial charge >= 0.3 is 0 Å². The molecule has 0 aliphatic heterocycles. The first kappa shape index (κ1) is 18.3. The second-order valence-electron chi connectivity index (χ2n) is 6.00. The number of ether oxygens (including phenoxy) is 1. The molecule has 1 aromatic carbocycles. The zero-order valence-electron chi connectivity index (χ0n) is 15.1. The third kappa shape index (κ3) is 4.78. The van der Waals surface area contributed by atoms with Crippen LogP contribution in [-0.2, 0) is 11.3 Å². The van der Waals surface area contributed by atoms with Crippen LogP contribution in [0.5, 0.6) is 5.75 Å². The fourth-order valence-electron chi connectivity index (χ4n) is 2.41. The van der Waals surface area contributed by atoms with Crippen molar-refractivity contribution in [2.75, 3.05) is 13.2 Å². The molecule has 27 heavy (non-hydrogen) atoms. The highest BCUT2D eigenvalue weighted by Gasteiger charge is 2.07. The van der Waals surface area contributed by atoms with Crippen LogP contribution in [0.2, 0.25) is 0 Å². The van der Waals surface area contributed by atoms with Gasteiger partial charge in [-0.3, -0.25) is 9.59 Å². The van der Waals surface area contributed by atoms with Crippen LogP contribution in [0.4, 0.5) is 0 Å². The van der Waals surface area contributed by atoms with E-state index in [0.29, 0.717) is 11.6 Å². The standard InChI is InChI=1S/C18H20N6O3/c1-13-3-4-14(2)15(9-13)27-10-17(25)20-7-8-23-18(26)6-5-16(22-23)24-12-19-11-21-24/h3-6,9,11-12H,7-8,10H2,1-2H3,(H,20,25). The summed E-state index contributed by atoms with van der Waals surface area (Å²) in [6.07, 6.45) is 2.87. The maximum Gasteiger partial charge on any atom is 0.266 e. The molecule has 0 unspecified atom stereocenters. The number of hydrogen-bond acceptors (Lipinski definition) is 6. The van der Waals surface area contributed by atoms with Gasteiger partial charge in [-0.2, -0.15) is 5.10 Å². The van der Waals surface area contributed by atoms with Gasteiger partial charge in [0.2, 0.25) is 0 Å². The summed E-state index contributed by atoms with van der Waals surface area (Å²) in [5.74, 6) is 0.886. The minimum atomic E-state index is -0.267. The summed E-state index contributed by atoms with van der Waals surface area (Å²) in [7, 11) is 0. The highest BCUT2D eigenvalue weighted by Crippen LogP contribution is 2.18. The summed E-state index contributed by atoms with van der Waals surface area (Å²) >= 11 is 0. The lowest BCUT2D eigenvalue weighted by Gasteiger charge is -2.11. The van der Waals surface area contributed by atoms with E-state index < -0.39 is 0 Å². The molecular weight excluding hydrogens is 348 g/mol. The smallest absolute Gasteiger partial charge is 0.266 e. The van der Waals surface area contributed by atoms with Gasteiger partial charge in [0.15, 0.2) is 12.4 Å². The Morgan fingerprint density at radius 3 is 2.85 bits per heavy atom. The zero-order chi connectivity index (χ0) is 19.2. The van der Waals surface area contributed by atoms with Gasteiger partial charge < -0.3 is 10.1 Å². The number of rotatable bonds is 7. The molecule has 0 radical (unpaired) electrons. The number of hydrogen-bond donors (Lipinski definition) is 1. The van der Waals surface area contributed by atoms with Crippen molar-refractivity contribution in [3.05, 3.63) is 64.5 Å². The molecule has 0 fully saturated rings. The van der Waals surface area contributed by atoms with E-state index in [0.717, 1.165) is 11.1 Å². The van der Waals surface area contributed by atoms with E-state index in [4.69, 9.17) is 4.74 Å². The van der Waals surface area contributed by atoms with Crippen molar-refractivity contribution >= 4 is 5.91 Å². The Morgan fingerprint density at radius 1 is 1.22 bits per heavy atom. The van der Waals surface area contributed by atoms with E-state index in [1.54, 1.807) is 6.07 Å². The lowest BCUT2D eigenvalue weighted by atomic mass is 10.1. The van der Waals surface area contributed by atoms with E-state index in [9.17, 15) is 9.59 Å². The third-order valence-electron chi connectivity index (χ3n) is 3.85. The minimum absolute atomic E-state index is 0.0916. The van der Waals surface area contributed by atoms with Crippen LogP contribution in [-0.4, -0.2) is 43.6 Å². The summed E-state index contributed by atoms with van der Waals surface area (Å²) in [5.41, 5.74) is 1.77. The summed E-state index contributed by atoms with van der Waals surface area (Å²) in [6, 6.07) is 8.78. The molecule has 0 atom stereocenters. The second-order valence-corrected chi connectivity index (χ2v) is 6.00. The molecule has 0 aliphatic carbocycles. The third-order valence-corrected chi connectivity index (χ3v) is 3.85. The highest BCUT2D eigenvalue weighted by molar-refractivity contribution is 5.77. The molecule has 2 heterocycles. The Kier molecular flexibility index (Phi) is 5.60. The first-order valence-corrected chi connectivity index (χ1v) is 8.43. The lowest BCUT2D eigenvalue weighted by Crippen LogP contribution is -2.34. The molecule has 0 spiro atoms. The monoisotopic (exact) mass is 368 g/mol. The van der Waals surface area contributed by atoms with Crippen molar-refractivity contribution < 1.29 is 9.53 Å². The summed E-state index contributed by atoms with van der Waals surface area (Å²) in [6.45, 7) is 4.28. The Hall–Kier alpha value is -3.49. The van der Waals surface area contributed by atoms with E-state index in [-0.39, 0.29) is 31.2 Å². The van der Waals surface area contributed by atoms with Crippen molar-refractivity contribution in [1.82, 2.24) is 29.9 Å². The second kappa shape index (κ2) is 8.26. The van der Waals surface area contributed by atoms with E-state index in [1.807, 2.05) is 32.0 Å². The molecule has 3 aromatic rings. The zero-order valence-corrected chi connectivity index (χ0v) is 15.1. The number of nitrogens with one attached hydrogen (secondary N) is 1. The average molecular weight is 368 g/mol. The Labute approximate surface area is 155 Å². The first-order valence-electron chi connectivity index (χ1n) is 8.43. The molecule has 9 nitrogen and oxygen atoms in total. The van der Waals surface area contributed by atoms with Crippen LogP contribution in [0.15, 0.2) is 47.8 Å². The molecule has 0 saturated carbocycles. The van der Waals surface area contributed by atoms with Crippen molar-refractivity contribution in [2.45, 2.75) is 20.4 Å². The van der Waals surface area contributed by atoms with Gasteiger partial charge in [0, 0.05) is 12.6 Å². The lowest BCUT2D eigenvalue weighted by molar-refractivity contribution is -0.123. The number of carbonyl (C=O) groups excluding carboxylic acids is 1. The van der Waals surface area contributed by atoms with Crippen molar-refractivity contribution in [3.8, 4) is 11.6 Å². The van der Waals surface area contributed by atoms with Gasteiger partial charge in [-0.25, -0.2) is 14.3 Å². The first-order chi connectivity index (χ1) is 13.0. The molecule has 2 aromatic heterocycles. The molecule has 0 aliphatic rings. The number of nitrogens with zero attached hydrogens (tertiary/aromatic N) is 5. The number of benzene rings is 1. The van der Waals surface area contributed by atoms with E-state index >= 15 is 0 Å². The summed E-state index contributed by atoms with van der Waals surface area (Å²) in [4.78, 5) is 27.7. The molecule has 0 bridgehead atoms. The van der Waals surface area contributed by atoms with E-state index in [2.05, 4.69) is 20.5 Å². The van der Waals surface area contributed by atoms with Gasteiger partial charge in [-0.15, -0.1) is 5.10 Å². The highest BCUT2D eigenvalue weighted by atomic mass is 16.5. The van der Waals surface area contributed by atoms with Crippen LogP contribution >= 0.6 is 0 Å². The number of aryl methyl sites for hydroxylation is 2. The Bertz CT molecular complexity index is 981. The van der Waals surface area contributed by atoms with Crippen molar-refractivity contribution in [3.63, 3.8) is 0 Å². The molecular formula is C18H20N6O3. The predicted octanol–water partition coefficient (Wildman–Crippen LogP) is 0.636. The van der Waals surface area contributed by atoms with Crippen LogP contribution in [0.3, 0.4) is 0 Å². The maximum absolute atomic E-state index is 12.0. The predicted molar refractivity (Wildman–Crippen MR) is 97.8 cm³/mol. The fraction of sp³-hybridized carbons (Fsp3) is 0.278. The summed E-state index contributed by atoms with van der Waals surface area (Å²) < 4.78 is 8.28. The number of aromatic nitrogens is 5. The largest absolute Gasteiger partial charge is 0.483 e. The van der Waals surface area contributed by atoms with Crippen LogP contribution < -0.4 is 15.6 Å². The van der Waals surface area contributed by atoms with Gasteiger partial charge in [0.05, 0.1) is 6.54 Å². The van der Waals surface area contributed by atoms with Crippen LogP contribution in [0.1, 0.15) is 11.1 Å². The summed E-state index contributed by atoms with van der Waals surface area (Å²) in [5, 5.41) is 10.9. The molecule has 9 heteroatoms. The van der Waals surface area contributed by atoms with Gasteiger partial charge in [0.1, 0.15) is 18.4 Å². The van der Waals surface area contributed by atoms with Gasteiger partial charge in [0.25, 0.3) is 11.5 Å². The van der Waals surface area contributed by atoms with Crippen LogP contribution in [0.25, 0.3) is 5.82 Å². The normalized spacial score (nSPS) is 10.6. The topological polar surface area (TPSA) is 104 Å². The number of carbonyl (C=O) groups is 1. The molecule has 3 rings (SSSR count). The molecule has 0 saturated heterocycles. The molecule has 1 N–H and O–H groups in total. The maximum atomic E-state index is 12.0. The SMILES string of the molecule is Cc1ccc(C)c(OCC(=O)NCCn2nc(-n3cncn3)ccc2=O)c1. The average Bonchev–Trinajstić information content (AvgIpc) is 3.19. The minimum Gasteiger partial charge on any atom is -0.483 e. The quantitative estimate of drug-likeness (QED) is 0.656. The van der Waals surface area contributed by atoms with Crippen molar-refractivity contribution in [1.29, 1.82) is 0 Å². The molecule has 140 valence electrons. The van der Waals surface area contributed by atoms with Crippen LogP contribution in [0, 0.1) is 13.8 Å². The molecule has 1 amide bonds.